The fourth-order valence-corrected chi connectivity index (χ4v) is 1.62. The Morgan fingerprint density at radius 3 is 2.41 bits per heavy atom. The number of nitrogens with zero attached hydrogens (tertiary/aromatic N) is 3. The number of piperazine rings is 1. The van der Waals surface area contributed by atoms with E-state index in [0.717, 1.165) is 37.7 Å². The van der Waals surface area contributed by atoms with Crippen molar-refractivity contribution in [3.05, 3.63) is 18.3 Å². The van der Waals surface area contributed by atoms with Gasteiger partial charge in [0.15, 0.2) is 0 Å². The molecule has 0 radical (unpaired) electrons. The first-order valence-corrected chi connectivity index (χ1v) is 5.93. The molecule has 1 aromatic heterocycles. The predicted molar refractivity (Wildman–Crippen MR) is 73.2 cm³/mol. The molecule has 0 aromatic carbocycles. The van der Waals surface area contributed by atoms with Gasteiger partial charge in [-0.1, -0.05) is 0 Å². The molecule has 0 saturated carbocycles. The number of hydrogen-bond donors (Lipinski definition) is 2. The van der Waals surface area contributed by atoms with Gasteiger partial charge in [-0.25, -0.2) is 4.98 Å². The van der Waals surface area contributed by atoms with E-state index in [9.17, 15) is 0 Å². The largest absolute Gasteiger partial charge is 0.397 e. The van der Waals surface area contributed by atoms with Crippen LogP contribution in [0.5, 0.6) is 0 Å². The van der Waals surface area contributed by atoms with Crippen LogP contribution >= 0.6 is 0 Å². The number of rotatable bonds is 1. The van der Waals surface area contributed by atoms with Gasteiger partial charge in [0.1, 0.15) is 5.82 Å². The molecule has 17 heavy (non-hydrogen) atoms. The lowest BCUT2D eigenvalue weighted by atomic mass is 10.3. The Morgan fingerprint density at radius 2 is 1.94 bits per heavy atom. The summed E-state index contributed by atoms with van der Waals surface area (Å²) in [6, 6.07) is 3.89. The van der Waals surface area contributed by atoms with Gasteiger partial charge >= 0.3 is 0 Å². The van der Waals surface area contributed by atoms with Crippen molar-refractivity contribution in [2.24, 2.45) is 0 Å². The van der Waals surface area contributed by atoms with Crippen LogP contribution in [0, 0.1) is 0 Å². The lowest BCUT2D eigenvalue weighted by Crippen LogP contribution is -2.44. The third-order valence-electron chi connectivity index (χ3n) is 2.60. The molecule has 2 rings (SSSR count). The number of hydrogen-bond acceptors (Lipinski definition) is 5. The lowest BCUT2D eigenvalue weighted by Gasteiger charge is -2.33. The van der Waals surface area contributed by atoms with Crippen molar-refractivity contribution >= 4 is 11.5 Å². The van der Waals surface area contributed by atoms with Gasteiger partial charge in [0, 0.05) is 34.2 Å². The van der Waals surface area contributed by atoms with E-state index in [0.29, 0.717) is 0 Å². The van der Waals surface area contributed by atoms with Crippen molar-refractivity contribution < 1.29 is 6.53 Å². The highest BCUT2D eigenvalue weighted by Gasteiger charge is 2.14. The van der Waals surface area contributed by atoms with Crippen LogP contribution in [0.4, 0.5) is 11.5 Å². The van der Waals surface area contributed by atoms with Gasteiger partial charge in [-0.05, 0) is 26.1 Å². The minimum absolute atomic E-state index is 0. The number of nitrogen functional groups attached to an aromatic ring is 1. The summed E-state index contributed by atoms with van der Waals surface area (Å²) in [6.45, 7) is 6.24. The summed E-state index contributed by atoms with van der Waals surface area (Å²) in [6.07, 6.45) is 1.72. The Morgan fingerprint density at radius 1 is 1.35 bits per heavy atom. The third-order valence-corrected chi connectivity index (χ3v) is 2.60. The van der Waals surface area contributed by atoms with Gasteiger partial charge < -0.3 is 20.6 Å². The summed E-state index contributed by atoms with van der Waals surface area (Å²) in [7, 11) is 2.15. The van der Waals surface area contributed by atoms with Crippen molar-refractivity contribution in [3.63, 3.8) is 0 Å². The van der Waals surface area contributed by atoms with Crippen LogP contribution in [-0.4, -0.2) is 54.8 Å². The SMILES string of the molecule is CCO.CN1CCN(c2ccc(N)cn2)CC1.[HH]. The summed E-state index contributed by atoms with van der Waals surface area (Å²) in [5.41, 5.74) is 6.31. The van der Waals surface area contributed by atoms with E-state index in [1.807, 2.05) is 12.1 Å². The van der Waals surface area contributed by atoms with Gasteiger partial charge in [0.05, 0.1) is 11.9 Å². The molecule has 1 aliphatic rings. The zero-order valence-corrected chi connectivity index (χ0v) is 10.6. The van der Waals surface area contributed by atoms with Gasteiger partial charge in [-0.15, -0.1) is 0 Å². The van der Waals surface area contributed by atoms with Crippen molar-refractivity contribution in [2.45, 2.75) is 6.92 Å². The average molecular weight is 240 g/mol. The highest BCUT2D eigenvalue weighted by Crippen LogP contribution is 2.13. The maximum absolute atomic E-state index is 7.57. The molecule has 0 aliphatic carbocycles. The second kappa shape index (κ2) is 7.09. The van der Waals surface area contributed by atoms with E-state index in [4.69, 9.17) is 10.8 Å². The van der Waals surface area contributed by atoms with Gasteiger partial charge in [0.25, 0.3) is 0 Å². The van der Waals surface area contributed by atoms with Crippen molar-refractivity contribution in [1.29, 1.82) is 0 Å². The molecule has 0 unspecified atom stereocenters. The molecule has 3 N–H and O–H groups in total. The average Bonchev–Trinajstić information content (AvgIpc) is 2.32. The molecule has 1 saturated heterocycles. The van der Waals surface area contributed by atoms with Crippen molar-refractivity contribution in [3.8, 4) is 0 Å². The van der Waals surface area contributed by atoms with Crippen LogP contribution in [-0.2, 0) is 0 Å². The van der Waals surface area contributed by atoms with Crippen LogP contribution < -0.4 is 10.6 Å². The molecule has 1 fully saturated rings. The van der Waals surface area contributed by atoms with Gasteiger partial charge in [-0.2, -0.15) is 0 Å². The van der Waals surface area contributed by atoms with Crippen LogP contribution in [0.1, 0.15) is 8.35 Å². The minimum atomic E-state index is 0. The molecule has 5 nitrogen and oxygen atoms in total. The minimum Gasteiger partial charge on any atom is -0.397 e. The number of pyridine rings is 1. The maximum Gasteiger partial charge on any atom is 0.128 e. The zero-order chi connectivity index (χ0) is 12.7. The highest BCUT2D eigenvalue weighted by atomic mass is 16.2. The summed E-state index contributed by atoms with van der Waals surface area (Å²) in [4.78, 5) is 8.93. The van der Waals surface area contributed by atoms with Crippen LogP contribution in [0.15, 0.2) is 18.3 Å². The molecule has 0 bridgehead atoms. The first-order chi connectivity index (χ1) is 8.17. The summed E-state index contributed by atoms with van der Waals surface area (Å²) < 4.78 is 0. The molecular weight excluding hydrogens is 216 g/mol. The Balaban J connectivity index is 0.000000660. The number of aliphatic hydroxyl groups is 1. The first-order valence-electron chi connectivity index (χ1n) is 5.93. The number of aromatic nitrogens is 1. The number of aliphatic hydroxyl groups excluding tert-OH is 1. The highest BCUT2D eigenvalue weighted by molar-refractivity contribution is 5.45. The Kier molecular flexibility index (Phi) is 5.72. The molecule has 98 valence electrons. The Bertz CT molecular complexity index is 312. The lowest BCUT2D eigenvalue weighted by molar-refractivity contribution is 0.312. The fraction of sp³-hybridized carbons (Fsp3) is 0.583. The molecule has 0 spiro atoms. The van der Waals surface area contributed by atoms with E-state index >= 15 is 0 Å². The van der Waals surface area contributed by atoms with E-state index in [2.05, 4.69) is 21.8 Å². The fourth-order valence-electron chi connectivity index (χ4n) is 1.62. The quantitative estimate of drug-likeness (QED) is 0.755. The number of nitrogens with two attached hydrogens (primary N) is 1. The number of likely N-dealkylation sites (N-methyl/N-ethyl adjacent to an activating group) is 1. The first kappa shape index (κ1) is 13.7. The predicted octanol–water partition coefficient (Wildman–Crippen LogP) is 0.660. The molecule has 0 atom stereocenters. The van der Waals surface area contributed by atoms with Crippen LogP contribution in [0.25, 0.3) is 0 Å². The Labute approximate surface area is 104 Å². The Hall–Kier alpha value is -1.33. The maximum atomic E-state index is 7.57. The van der Waals surface area contributed by atoms with Crippen LogP contribution in [0.2, 0.25) is 0 Å². The van der Waals surface area contributed by atoms with E-state index in [1.54, 1.807) is 13.1 Å². The summed E-state index contributed by atoms with van der Waals surface area (Å²) in [5.74, 6) is 1.03. The van der Waals surface area contributed by atoms with Gasteiger partial charge in [-0.3, -0.25) is 0 Å². The molecule has 1 aliphatic heterocycles. The molecule has 1 aromatic rings. The summed E-state index contributed by atoms with van der Waals surface area (Å²) in [5, 5.41) is 7.57. The second-order valence-corrected chi connectivity index (χ2v) is 4.06. The second-order valence-electron chi connectivity index (χ2n) is 4.06. The van der Waals surface area contributed by atoms with Crippen LogP contribution in [0.3, 0.4) is 0 Å². The molecule has 0 amide bonds. The standard InChI is InChI=1S/C10H16N4.C2H6O.H2/c1-13-4-6-14(7-5-13)10-3-2-9(11)8-12-10;1-2-3;/h2-3,8H,4-7,11H2,1H3;3H,2H2,1H3;1H. The van der Waals surface area contributed by atoms with Crippen molar-refractivity contribution in [1.82, 2.24) is 9.88 Å². The molecule has 5 heteroatoms. The van der Waals surface area contributed by atoms with E-state index < -0.39 is 0 Å². The molecule has 2 heterocycles. The van der Waals surface area contributed by atoms with E-state index in [1.165, 1.54) is 0 Å². The monoisotopic (exact) mass is 240 g/mol. The topological polar surface area (TPSA) is 65.6 Å². The zero-order valence-electron chi connectivity index (χ0n) is 10.6. The normalized spacial score (nSPS) is 16.3. The number of anilines is 2. The van der Waals surface area contributed by atoms with Gasteiger partial charge in [0.2, 0.25) is 0 Å². The third kappa shape index (κ3) is 4.58. The summed E-state index contributed by atoms with van der Waals surface area (Å²) >= 11 is 0. The molecular formula is C12H24N4O. The van der Waals surface area contributed by atoms with Crippen molar-refractivity contribution in [2.75, 3.05) is 50.5 Å². The van der Waals surface area contributed by atoms with E-state index in [-0.39, 0.29) is 8.03 Å². The smallest absolute Gasteiger partial charge is 0.128 e.